The largest absolute Gasteiger partial charge is 0.354 e. The molecule has 1 N–H and O–H groups in total. The first kappa shape index (κ1) is 27.5. The number of thioether (sulfide) groups is 1. The van der Waals surface area contributed by atoms with E-state index < -0.39 is 6.04 Å². The minimum absolute atomic E-state index is 0.0116. The minimum atomic E-state index is -0.573. The van der Waals surface area contributed by atoms with E-state index in [0.29, 0.717) is 25.3 Å². The van der Waals surface area contributed by atoms with E-state index in [1.165, 1.54) is 11.1 Å². The van der Waals surface area contributed by atoms with Gasteiger partial charge < -0.3 is 10.2 Å². The number of unbranched alkanes of at least 4 members (excludes halogenated alkanes) is 1. The second kappa shape index (κ2) is 14.5. The molecule has 36 heavy (non-hydrogen) atoms. The van der Waals surface area contributed by atoms with E-state index in [9.17, 15) is 9.59 Å². The lowest BCUT2D eigenvalue weighted by Gasteiger charge is -2.32. The van der Waals surface area contributed by atoms with Gasteiger partial charge in [0.15, 0.2) is 0 Å². The molecule has 1 unspecified atom stereocenters. The van der Waals surface area contributed by atoms with E-state index >= 15 is 0 Å². The third kappa shape index (κ3) is 8.56. The first-order valence-corrected chi connectivity index (χ1v) is 13.9. The number of benzene rings is 3. The molecule has 0 heterocycles. The molecule has 0 aliphatic rings. The number of carbonyl (C=O) groups is 2. The summed E-state index contributed by atoms with van der Waals surface area (Å²) in [7, 11) is 0. The standard InChI is InChI=1S/C31H38N2O2S/c1-4-5-18-32-31(35)29(20-26-14-7-6-8-15-26)33(21-28-17-10-9-13-25(28)3)30(34)23-36-22-27-16-11-12-24(2)19-27/h6-17,19,29H,4-5,18,20-23H2,1-3H3,(H,32,35). The highest BCUT2D eigenvalue weighted by molar-refractivity contribution is 7.99. The van der Waals surface area contributed by atoms with Crippen molar-refractivity contribution in [1.82, 2.24) is 10.2 Å². The molecule has 190 valence electrons. The van der Waals surface area contributed by atoms with Crippen LogP contribution in [0.4, 0.5) is 0 Å². The number of aryl methyl sites for hydroxylation is 2. The van der Waals surface area contributed by atoms with Gasteiger partial charge in [-0.25, -0.2) is 0 Å². The molecular weight excluding hydrogens is 464 g/mol. The summed E-state index contributed by atoms with van der Waals surface area (Å²) in [5.74, 6) is 0.991. The quantitative estimate of drug-likeness (QED) is 0.288. The third-order valence-corrected chi connectivity index (χ3v) is 7.27. The number of carbonyl (C=O) groups excluding carboxylic acids is 2. The number of hydrogen-bond donors (Lipinski definition) is 1. The van der Waals surface area contributed by atoms with E-state index in [0.717, 1.165) is 35.3 Å². The Hall–Kier alpha value is -3.05. The van der Waals surface area contributed by atoms with Gasteiger partial charge in [0.1, 0.15) is 6.04 Å². The average molecular weight is 503 g/mol. The Morgan fingerprint density at radius 1 is 0.917 bits per heavy atom. The highest BCUT2D eigenvalue weighted by Crippen LogP contribution is 2.20. The SMILES string of the molecule is CCCCNC(=O)C(Cc1ccccc1)N(Cc1ccccc1C)C(=O)CSCc1cccc(C)c1. The first-order chi connectivity index (χ1) is 17.5. The summed E-state index contributed by atoms with van der Waals surface area (Å²) in [4.78, 5) is 29.0. The fourth-order valence-electron chi connectivity index (χ4n) is 4.17. The molecule has 1 atom stereocenters. The lowest BCUT2D eigenvalue weighted by molar-refractivity contribution is -0.139. The maximum absolute atomic E-state index is 13.7. The van der Waals surface area contributed by atoms with Gasteiger partial charge >= 0.3 is 0 Å². The van der Waals surface area contributed by atoms with Crippen molar-refractivity contribution in [3.8, 4) is 0 Å². The van der Waals surface area contributed by atoms with Crippen molar-refractivity contribution in [2.75, 3.05) is 12.3 Å². The molecule has 0 bridgehead atoms. The fourth-order valence-corrected chi connectivity index (χ4v) is 5.03. The molecule has 0 radical (unpaired) electrons. The molecule has 0 aromatic heterocycles. The molecule has 0 aliphatic heterocycles. The van der Waals surface area contributed by atoms with Crippen molar-refractivity contribution in [1.29, 1.82) is 0 Å². The number of amides is 2. The van der Waals surface area contributed by atoms with Crippen molar-refractivity contribution >= 4 is 23.6 Å². The Kier molecular flexibility index (Phi) is 11.1. The van der Waals surface area contributed by atoms with Gasteiger partial charge in [0, 0.05) is 25.3 Å². The molecule has 0 aliphatic carbocycles. The Balaban J connectivity index is 1.84. The monoisotopic (exact) mass is 502 g/mol. The number of nitrogens with one attached hydrogen (secondary N) is 1. The second-order valence-corrected chi connectivity index (χ2v) is 10.3. The summed E-state index contributed by atoms with van der Waals surface area (Å²) < 4.78 is 0. The summed E-state index contributed by atoms with van der Waals surface area (Å²) in [5.41, 5.74) is 5.65. The van der Waals surface area contributed by atoms with Gasteiger partial charge in [0.05, 0.1) is 5.75 Å². The summed E-state index contributed by atoms with van der Waals surface area (Å²) in [6, 6.07) is 25.9. The molecule has 3 aromatic carbocycles. The molecule has 2 amide bonds. The van der Waals surface area contributed by atoms with Gasteiger partial charge in [0.2, 0.25) is 11.8 Å². The van der Waals surface area contributed by atoms with Crippen LogP contribution in [0.25, 0.3) is 0 Å². The van der Waals surface area contributed by atoms with E-state index in [1.54, 1.807) is 16.7 Å². The Labute approximate surface area is 220 Å². The smallest absolute Gasteiger partial charge is 0.243 e. The van der Waals surface area contributed by atoms with Crippen molar-refractivity contribution in [2.45, 2.75) is 58.4 Å². The van der Waals surface area contributed by atoms with Crippen LogP contribution >= 0.6 is 11.8 Å². The Morgan fingerprint density at radius 2 is 1.64 bits per heavy atom. The zero-order valence-corrected chi connectivity index (χ0v) is 22.5. The van der Waals surface area contributed by atoms with Gasteiger partial charge in [-0.3, -0.25) is 9.59 Å². The van der Waals surface area contributed by atoms with Gasteiger partial charge in [-0.05, 0) is 42.5 Å². The van der Waals surface area contributed by atoms with E-state index in [-0.39, 0.29) is 11.8 Å². The first-order valence-electron chi connectivity index (χ1n) is 12.8. The van der Waals surface area contributed by atoms with Crippen LogP contribution in [0.1, 0.15) is 47.6 Å². The van der Waals surface area contributed by atoms with Crippen LogP contribution in [0.5, 0.6) is 0 Å². The summed E-state index contributed by atoms with van der Waals surface area (Å²) in [6.45, 7) is 7.27. The van der Waals surface area contributed by atoms with E-state index in [1.807, 2.05) is 54.6 Å². The highest BCUT2D eigenvalue weighted by atomic mass is 32.2. The normalized spacial score (nSPS) is 11.6. The van der Waals surface area contributed by atoms with Crippen LogP contribution in [0, 0.1) is 13.8 Å². The maximum atomic E-state index is 13.7. The molecule has 5 heteroatoms. The van der Waals surface area contributed by atoms with Crippen LogP contribution in [0.2, 0.25) is 0 Å². The Bertz CT molecular complexity index is 1120. The summed E-state index contributed by atoms with van der Waals surface area (Å²) >= 11 is 1.60. The van der Waals surface area contributed by atoms with Gasteiger partial charge in [-0.15, -0.1) is 11.8 Å². The molecule has 0 saturated heterocycles. The minimum Gasteiger partial charge on any atom is -0.354 e. The zero-order chi connectivity index (χ0) is 25.8. The fraction of sp³-hybridized carbons (Fsp3) is 0.355. The number of hydrogen-bond acceptors (Lipinski definition) is 3. The lowest BCUT2D eigenvalue weighted by atomic mass is 10.0. The van der Waals surface area contributed by atoms with Crippen molar-refractivity contribution in [3.63, 3.8) is 0 Å². The van der Waals surface area contributed by atoms with Crippen LogP contribution in [0.15, 0.2) is 78.9 Å². The molecule has 3 aromatic rings. The van der Waals surface area contributed by atoms with E-state index in [4.69, 9.17) is 0 Å². The summed E-state index contributed by atoms with van der Waals surface area (Å²) in [5, 5.41) is 3.09. The molecule has 0 fully saturated rings. The van der Waals surface area contributed by atoms with Crippen LogP contribution in [-0.4, -0.2) is 35.1 Å². The maximum Gasteiger partial charge on any atom is 0.243 e. The molecule has 0 spiro atoms. The molecule has 4 nitrogen and oxygen atoms in total. The zero-order valence-electron chi connectivity index (χ0n) is 21.7. The van der Waals surface area contributed by atoms with Crippen LogP contribution in [0.3, 0.4) is 0 Å². The van der Waals surface area contributed by atoms with Gasteiger partial charge in [0.25, 0.3) is 0 Å². The van der Waals surface area contributed by atoms with Crippen LogP contribution < -0.4 is 5.32 Å². The van der Waals surface area contributed by atoms with Crippen LogP contribution in [-0.2, 0) is 28.3 Å². The number of nitrogens with zero attached hydrogens (tertiary/aromatic N) is 1. The van der Waals surface area contributed by atoms with Gasteiger partial charge in [-0.2, -0.15) is 0 Å². The topological polar surface area (TPSA) is 49.4 Å². The number of rotatable bonds is 13. The van der Waals surface area contributed by atoms with Crippen molar-refractivity contribution in [3.05, 3.63) is 107 Å². The van der Waals surface area contributed by atoms with Crippen molar-refractivity contribution in [2.24, 2.45) is 0 Å². The predicted molar refractivity (Wildman–Crippen MR) is 151 cm³/mol. The van der Waals surface area contributed by atoms with Gasteiger partial charge in [-0.1, -0.05) is 97.8 Å². The molecular formula is C31H38N2O2S. The molecule has 3 rings (SSSR count). The lowest BCUT2D eigenvalue weighted by Crippen LogP contribution is -2.51. The third-order valence-electron chi connectivity index (χ3n) is 6.28. The second-order valence-electron chi connectivity index (χ2n) is 9.28. The summed E-state index contributed by atoms with van der Waals surface area (Å²) in [6.07, 6.45) is 2.41. The predicted octanol–water partition coefficient (Wildman–Crippen LogP) is 6.09. The Morgan fingerprint density at radius 3 is 2.36 bits per heavy atom. The van der Waals surface area contributed by atoms with E-state index in [2.05, 4.69) is 50.4 Å². The van der Waals surface area contributed by atoms with Crippen molar-refractivity contribution < 1.29 is 9.59 Å². The highest BCUT2D eigenvalue weighted by Gasteiger charge is 2.30. The average Bonchev–Trinajstić information content (AvgIpc) is 2.88. The molecule has 0 saturated carbocycles.